The molecule has 5 rings (SSSR count). The van der Waals surface area contributed by atoms with E-state index >= 15 is 0 Å². The van der Waals surface area contributed by atoms with Crippen LogP contribution in [0.4, 0.5) is 9.18 Å². The first-order chi connectivity index (χ1) is 18.1. The minimum absolute atomic E-state index is 0.00135. The Balaban J connectivity index is 1.10. The average Bonchev–Trinajstić information content (AvgIpc) is 3.70. The Morgan fingerprint density at radius 3 is 2.42 bits per heavy atom. The molecule has 3 fully saturated rings. The third-order valence-electron chi connectivity index (χ3n) is 8.04. The lowest BCUT2D eigenvalue weighted by Crippen LogP contribution is -2.49. The lowest BCUT2D eigenvalue weighted by atomic mass is 9.90. The monoisotopic (exact) mass is 528 g/mol. The number of aryl methyl sites for hydroxylation is 1. The van der Waals surface area contributed by atoms with Crippen molar-refractivity contribution in [3.63, 3.8) is 0 Å². The van der Waals surface area contributed by atoms with Gasteiger partial charge in [0.1, 0.15) is 28.4 Å². The standard InChI is InChI=1S/C29H41FN4O4/c1-29(2,3)38-28(36)34-14-10-21(11-15-34)33-12-8-19(9-13-33)6-7-25-31-24-17-22(37-18-20-4-5-20)16-23(30)26(24)27(35)32-25/h16-17,19-21H,4-15,18H2,1-3H3,(H,31,32,35). The van der Waals surface area contributed by atoms with Crippen molar-refractivity contribution < 1.29 is 18.7 Å². The van der Waals surface area contributed by atoms with E-state index in [1.54, 1.807) is 6.07 Å². The summed E-state index contributed by atoms with van der Waals surface area (Å²) in [6.45, 7) is 9.88. The molecule has 2 aliphatic heterocycles. The largest absolute Gasteiger partial charge is 0.493 e. The Morgan fingerprint density at radius 1 is 1.05 bits per heavy atom. The molecule has 8 nitrogen and oxygen atoms in total. The zero-order chi connectivity index (χ0) is 26.9. The molecule has 38 heavy (non-hydrogen) atoms. The smallest absolute Gasteiger partial charge is 0.410 e. The van der Waals surface area contributed by atoms with Gasteiger partial charge in [0, 0.05) is 37.7 Å². The number of ether oxygens (including phenoxy) is 2. The van der Waals surface area contributed by atoms with Crippen molar-refractivity contribution in [1.82, 2.24) is 19.8 Å². The molecular formula is C29H41FN4O4. The second-order valence-electron chi connectivity index (χ2n) is 12.3. The molecule has 0 spiro atoms. The average molecular weight is 529 g/mol. The molecule has 1 aromatic carbocycles. The van der Waals surface area contributed by atoms with Crippen LogP contribution in [0.3, 0.4) is 0 Å². The van der Waals surface area contributed by atoms with Crippen molar-refractivity contribution >= 4 is 17.0 Å². The van der Waals surface area contributed by atoms with Crippen LogP contribution >= 0.6 is 0 Å². The van der Waals surface area contributed by atoms with Crippen molar-refractivity contribution in [2.45, 2.75) is 83.8 Å². The third kappa shape index (κ3) is 6.84. The molecule has 0 atom stereocenters. The van der Waals surface area contributed by atoms with Gasteiger partial charge in [0.25, 0.3) is 5.56 Å². The maximum atomic E-state index is 14.6. The van der Waals surface area contributed by atoms with E-state index in [1.165, 1.54) is 6.07 Å². The zero-order valence-electron chi connectivity index (χ0n) is 22.9. The van der Waals surface area contributed by atoms with Gasteiger partial charge in [0.2, 0.25) is 0 Å². The number of halogens is 1. The minimum Gasteiger partial charge on any atom is -0.493 e. The highest BCUT2D eigenvalue weighted by molar-refractivity contribution is 5.79. The van der Waals surface area contributed by atoms with Gasteiger partial charge < -0.3 is 24.3 Å². The minimum atomic E-state index is -0.585. The van der Waals surface area contributed by atoms with Crippen LogP contribution in [0.25, 0.3) is 10.9 Å². The lowest BCUT2D eigenvalue weighted by molar-refractivity contribution is 0.0117. The topological polar surface area (TPSA) is 87.8 Å². The van der Waals surface area contributed by atoms with Crippen LogP contribution in [0, 0.1) is 17.7 Å². The molecule has 1 aliphatic carbocycles. The molecule has 3 heterocycles. The van der Waals surface area contributed by atoms with Gasteiger partial charge in [-0.3, -0.25) is 4.79 Å². The molecule has 2 saturated heterocycles. The summed E-state index contributed by atoms with van der Waals surface area (Å²) in [5, 5.41) is -0.00135. The molecule has 9 heteroatoms. The highest BCUT2D eigenvalue weighted by Gasteiger charge is 2.31. The Kier molecular flexibility index (Phi) is 7.93. The van der Waals surface area contributed by atoms with Crippen molar-refractivity contribution in [2.24, 2.45) is 11.8 Å². The van der Waals surface area contributed by atoms with Crippen LogP contribution in [0.5, 0.6) is 5.75 Å². The Bertz CT molecular complexity index is 1190. The number of nitrogens with zero attached hydrogens (tertiary/aromatic N) is 3. The van der Waals surface area contributed by atoms with Gasteiger partial charge in [-0.15, -0.1) is 0 Å². The predicted octanol–water partition coefficient (Wildman–Crippen LogP) is 4.90. The van der Waals surface area contributed by atoms with Crippen molar-refractivity contribution in [2.75, 3.05) is 32.8 Å². The van der Waals surface area contributed by atoms with Gasteiger partial charge in [0.05, 0.1) is 12.1 Å². The molecule has 1 saturated carbocycles. The van der Waals surface area contributed by atoms with Crippen LogP contribution in [0.1, 0.15) is 71.5 Å². The number of likely N-dealkylation sites (tertiary alicyclic amines) is 2. The van der Waals surface area contributed by atoms with E-state index in [4.69, 9.17) is 9.47 Å². The number of piperidine rings is 2. The van der Waals surface area contributed by atoms with Crippen LogP contribution in [-0.4, -0.2) is 70.3 Å². The number of hydrogen-bond acceptors (Lipinski definition) is 6. The van der Waals surface area contributed by atoms with Crippen LogP contribution < -0.4 is 10.3 Å². The number of fused-ring (bicyclic) bond motifs is 1. The number of hydrogen-bond donors (Lipinski definition) is 1. The SMILES string of the molecule is CC(C)(C)OC(=O)N1CCC(N2CCC(CCc3nc4cc(OCC5CC5)cc(F)c4c(=O)[nH]3)CC2)CC1. The number of carbonyl (C=O) groups is 1. The van der Waals surface area contributed by atoms with Crippen LogP contribution in [0.15, 0.2) is 16.9 Å². The molecule has 0 unspecified atom stereocenters. The van der Waals surface area contributed by atoms with Crippen molar-refractivity contribution in [1.29, 1.82) is 0 Å². The number of aromatic nitrogens is 2. The summed E-state index contributed by atoms with van der Waals surface area (Å²) in [4.78, 5) is 36.7. The highest BCUT2D eigenvalue weighted by Crippen LogP contribution is 2.31. The molecule has 3 aliphatic rings. The van der Waals surface area contributed by atoms with E-state index in [9.17, 15) is 14.0 Å². The Hall–Kier alpha value is -2.68. The quantitative estimate of drug-likeness (QED) is 0.550. The number of aromatic amines is 1. The lowest BCUT2D eigenvalue weighted by Gasteiger charge is -2.42. The number of carbonyl (C=O) groups excluding carboxylic acids is 1. The van der Waals surface area contributed by atoms with E-state index in [0.717, 1.165) is 71.1 Å². The van der Waals surface area contributed by atoms with Gasteiger partial charge in [-0.25, -0.2) is 14.2 Å². The third-order valence-corrected chi connectivity index (χ3v) is 8.04. The molecule has 0 radical (unpaired) electrons. The zero-order valence-corrected chi connectivity index (χ0v) is 22.9. The fourth-order valence-corrected chi connectivity index (χ4v) is 5.64. The van der Waals surface area contributed by atoms with Gasteiger partial charge in [0.15, 0.2) is 0 Å². The maximum absolute atomic E-state index is 14.6. The number of benzene rings is 1. The first-order valence-electron chi connectivity index (χ1n) is 14.2. The predicted molar refractivity (Wildman–Crippen MR) is 144 cm³/mol. The fraction of sp³-hybridized carbons (Fsp3) is 0.690. The first kappa shape index (κ1) is 26.9. The van der Waals surface area contributed by atoms with Crippen molar-refractivity contribution in [3.8, 4) is 5.75 Å². The van der Waals surface area contributed by atoms with E-state index in [-0.39, 0.29) is 11.5 Å². The fourth-order valence-electron chi connectivity index (χ4n) is 5.64. The van der Waals surface area contributed by atoms with E-state index in [1.807, 2.05) is 25.7 Å². The highest BCUT2D eigenvalue weighted by atomic mass is 19.1. The van der Waals surface area contributed by atoms with Gasteiger partial charge in [-0.1, -0.05) is 0 Å². The Morgan fingerprint density at radius 2 is 1.76 bits per heavy atom. The summed E-state index contributed by atoms with van der Waals surface area (Å²) in [5.74, 6) is 1.60. The summed E-state index contributed by atoms with van der Waals surface area (Å²) >= 11 is 0. The normalized spacial score (nSPS) is 20.2. The first-order valence-corrected chi connectivity index (χ1v) is 14.2. The van der Waals surface area contributed by atoms with E-state index in [2.05, 4.69) is 14.9 Å². The summed E-state index contributed by atoms with van der Waals surface area (Å²) in [7, 11) is 0. The Labute approximate surface area is 223 Å². The summed E-state index contributed by atoms with van der Waals surface area (Å²) in [6.07, 6.45) is 7.90. The van der Waals surface area contributed by atoms with E-state index < -0.39 is 17.0 Å². The van der Waals surface area contributed by atoms with Crippen LogP contribution in [-0.2, 0) is 11.2 Å². The summed E-state index contributed by atoms with van der Waals surface area (Å²) < 4.78 is 25.9. The number of rotatable bonds is 7. The maximum Gasteiger partial charge on any atom is 0.410 e. The van der Waals surface area contributed by atoms with E-state index in [0.29, 0.717) is 48.0 Å². The summed E-state index contributed by atoms with van der Waals surface area (Å²) in [5.41, 5.74) is -0.528. The van der Waals surface area contributed by atoms with Gasteiger partial charge in [-0.05, 0) is 90.6 Å². The van der Waals surface area contributed by atoms with Crippen molar-refractivity contribution in [3.05, 3.63) is 34.1 Å². The second-order valence-corrected chi connectivity index (χ2v) is 12.3. The molecule has 1 amide bonds. The molecule has 1 N–H and O–H groups in total. The number of nitrogens with one attached hydrogen (secondary N) is 1. The van der Waals surface area contributed by atoms with Crippen LogP contribution in [0.2, 0.25) is 0 Å². The molecule has 2 aromatic rings. The number of H-pyrrole nitrogens is 1. The second kappa shape index (κ2) is 11.2. The molecule has 208 valence electrons. The molecule has 1 aromatic heterocycles. The van der Waals surface area contributed by atoms with Gasteiger partial charge >= 0.3 is 6.09 Å². The van der Waals surface area contributed by atoms with Gasteiger partial charge in [-0.2, -0.15) is 0 Å². The summed E-state index contributed by atoms with van der Waals surface area (Å²) in [6, 6.07) is 3.49. The number of amides is 1. The molecular weight excluding hydrogens is 487 g/mol. The molecule has 0 bridgehead atoms.